The third kappa shape index (κ3) is 4.43. The normalized spacial score (nSPS) is 11.4. The van der Waals surface area contributed by atoms with Crippen LogP contribution >= 0.6 is 11.6 Å². The van der Waals surface area contributed by atoms with E-state index in [0.717, 1.165) is 28.9 Å². The molecule has 0 aliphatic carbocycles. The summed E-state index contributed by atoms with van der Waals surface area (Å²) in [5, 5.41) is 7.93. The highest BCUT2D eigenvalue weighted by molar-refractivity contribution is 7.90. The Morgan fingerprint density at radius 1 is 1.14 bits per heavy atom. The number of carbonyl (C=O) groups is 1. The van der Waals surface area contributed by atoms with Gasteiger partial charge < -0.3 is 5.32 Å². The summed E-state index contributed by atoms with van der Waals surface area (Å²) in [6, 6.07) is 13.5. The minimum Gasteiger partial charge on any atom is -0.326 e. The van der Waals surface area contributed by atoms with Gasteiger partial charge in [-0.3, -0.25) is 4.79 Å². The second-order valence-corrected chi connectivity index (χ2v) is 9.01. The number of amides is 1. The Bertz CT molecular complexity index is 1140. The van der Waals surface area contributed by atoms with E-state index in [9.17, 15) is 13.2 Å². The van der Waals surface area contributed by atoms with Crippen LogP contribution in [0.25, 0.3) is 5.69 Å². The van der Waals surface area contributed by atoms with Crippen molar-refractivity contribution in [3.05, 3.63) is 70.5 Å². The van der Waals surface area contributed by atoms with Crippen molar-refractivity contribution in [3.8, 4) is 5.69 Å². The van der Waals surface area contributed by atoms with Crippen LogP contribution in [-0.4, -0.2) is 30.4 Å². The van der Waals surface area contributed by atoms with Crippen molar-refractivity contribution in [3.63, 3.8) is 0 Å². The van der Waals surface area contributed by atoms with Crippen LogP contribution in [0.15, 0.2) is 53.4 Å². The largest absolute Gasteiger partial charge is 0.326 e. The second-order valence-electron chi connectivity index (χ2n) is 6.56. The maximum Gasteiger partial charge on any atom is 0.228 e. The first-order chi connectivity index (χ1) is 13.1. The molecule has 0 unspecified atom stereocenters. The Morgan fingerprint density at radius 2 is 1.82 bits per heavy atom. The van der Waals surface area contributed by atoms with Gasteiger partial charge in [0.15, 0.2) is 9.84 Å². The molecule has 1 aromatic heterocycles. The van der Waals surface area contributed by atoms with Crippen LogP contribution in [0.5, 0.6) is 0 Å². The van der Waals surface area contributed by atoms with E-state index >= 15 is 0 Å². The van der Waals surface area contributed by atoms with Gasteiger partial charge in [-0.05, 0) is 56.3 Å². The quantitative estimate of drug-likeness (QED) is 0.685. The van der Waals surface area contributed by atoms with Crippen molar-refractivity contribution >= 4 is 33.0 Å². The number of halogens is 1. The van der Waals surface area contributed by atoms with E-state index in [1.54, 1.807) is 28.9 Å². The predicted octanol–water partition coefficient (Wildman–Crippen LogP) is 3.73. The van der Waals surface area contributed by atoms with Gasteiger partial charge in [0, 0.05) is 28.2 Å². The molecule has 1 amide bonds. The van der Waals surface area contributed by atoms with Crippen molar-refractivity contribution < 1.29 is 13.2 Å². The molecule has 0 bridgehead atoms. The average Bonchev–Trinajstić information content (AvgIpc) is 2.90. The number of nitrogens with zero attached hydrogens (tertiary/aromatic N) is 2. The highest BCUT2D eigenvalue weighted by Crippen LogP contribution is 2.21. The fraction of sp³-hybridized carbons (Fsp3) is 0.200. The molecule has 0 atom stereocenters. The van der Waals surface area contributed by atoms with Crippen molar-refractivity contribution in [2.45, 2.75) is 25.2 Å². The van der Waals surface area contributed by atoms with Gasteiger partial charge in [0.2, 0.25) is 5.91 Å². The monoisotopic (exact) mass is 417 g/mol. The van der Waals surface area contributed by atoms with Gasteiger partial charge in [0.1, 0.15) is 0 Å². The summed E-state index contributed by atoms with van der Waals surface area (Å²) in [6.45, 7) is 3.76. The summed E-state index contributed by atoms with van der Waals surface area (Å²) >= 11 is 5.94. The van der Waals surface area contributed by atoms with Crippen LogP contribution < -0.4 is 5.32 Å². The van der Waals surface area contributed by atoms with Gasteiger partial charge >= 0.3 is 0 Å². The highest BCUT2D eigenvalue weighted by Gasteiger charge is 2.16. The molecular weight excluding hydrogens is 398 g/mol. The number of sulfone groups is 1. The lowest BCUT2D eigenvalue weighted by molar-refractivity contribution is -0.115. The first-order valence-corrected chi connectivity index (χ1v) is 10.8. The van der Waals surface area contributed by atoms with Gasteiger partial charge in [-0.2, -0.15) is 5.10 Å². The van der Waals surface area contributed by atoms with Crippen LogP contribution in [0.4, 0.5) is 5.69 Å². The highest BCUT2D eigenvalue weighted by atomic mass is 35.5. The minimum atomic E-state index is -3.34. The SMILES string of the molecule is Cc1nn(-c2ccc(Cl)cc2)c(C)c1CC(=O)Nc1cccc(S(C)(=O)=O)c1. The fourth-order valence-electron chi connectivity index (χ4n) is 2.93. The molecule has 0 aliphatic rings. The zero-order chi connectivity index (χ0) is 20.5. The van der Waals surface area contributed by atoms with Crippen LogP contribution in [0.2, 0.25) is 5.02 Å². The molecule has 6 nitrogen and oxygen atoms in total. The minimum absolute atomic E-state index is 0.133. The van der Waals surface area contributed by atoms with E-state index in [-0.39, 0.29) is 17.2 Å². The molecule has 0 spiro atoms. The molecule has 0 saturated heterocycles. The van der Waals surface area contributed by atoms with Gasteiger partial charge in [-0.25, -0.2) is 13.1 Å². The molecule has 1 N–H and O–H groups in total. The third-order valence-electron chi connectivity index (χ3n) is 4.40. The van der Waals surface area contributed by atoms with Crippen LogP contribution in [0.3, 0.4) is 0 Å². The molecule has 3 aromatic rings. The lowest BCUT2D eigenvalue weighted by Gasteiger charge is -2.08. The number of rotatable bonds is 5. The van der Waals surface area contributed by atoms with E-state index in [0.29, 0.717) is 10.7 Å². The Hall–Kier alpha value is -2.64. The Balaban J connectivity index is 1.81. The molecule has 2 aromatic carbocycles. The van der Waals surface area contributed by atoms with E-state index in [1.807, 2.05) is 26.0 Å². The molecule has 0 aliphatic heterocycles. The molecule has 0 radical (unpaired) electrons. The number of carbonyl (C=O) groups excluding carboxylic acids is 1. The fourth-order valence-corrected chi connectivity index (χ4v) is 3.73. The molecule has 1 heterocycles. The van der Waals surface area contributed by atoms with E-state index < -0.39 is 9.84 Å². The summed E-state index contributed by atoms with van der Waals surface area (Å²) in [7, 11) is -3.34. The van der Waals surface area contributed by atoms with Crippen LogP contribution in [-0.2, 0) is 21.1 Å². The van der Waals surface area contributed by atoms with Crippen molar-refractivity contribution in [2.75, 3.05) is 11.6 Å². The summed E-state index contributed by atoms with van der Waals surface area (Å²) < 4.78 is 25.1. The first kappa shape index (κ1) is 20.1. The van der Waals surface area contributed by atoms with E-state index in [4.69, 9.17) is 11.6 Å². The molecule has 8 heteroatoms. The Morgan fingerprint density at radius 3 is 2.46 bits per heavy atom. The molecule has 3 rings (SSSR count). The molecule has 146 valence electrons. The number of hydrogen-bond acceptors (Lipinski definition) is 4. The summed E-state index contributed by atoms with van der Waals surface area (Å²) in [5.74, 6) is -0.243. The number of hydrogen-bond donors (Lipinski definition) is 1. The average molecular weight is 418 g/mol. The van der Waals surface area contributed by atoms with Crippen molar-refractivity contribution in [1.82, 2.24) is 9.78 Å². The number of nitrogens with one attached hydrogen (secondary N) is 1. The zero-order valence-electron chi connectivity index (χ0n) is 15.7. The van der Waals surface area contributed by atoms with Gasteiger partial charge in [0.05, 0.1) is 22.7 Å². The van der Waals surface area contributed by atoms with Crippen molar-refractivity contribution in [1.29, 1.82) is 0 Å². The zero-order valence-corrected chi connectivity index (χ0v) is 17.3. The van der Waals surface area contributed by atoms with Gasteiger partial charge in [-0.15, -0.1) is 0 Å². The molecule has 0 fully saturated rings. The second kappa shape index (κ2) is 7.77. The standard InChI is InChI=1S/C20H20ClN3O3S/c1-13-19(14(2)24(23-13)17-9-7-15(21)8-10-17)12-20(25)22-16-5-4-6-18(11-16)28(3,26)27/h4-11H,12H2,1-3H3,(H,22,25). The number of aromatic nitrogens is 2. The summed E-state index contributed by atoms with van der Waals surface area (Å²) in [5.41, 5.74) is 3.74. The molecule has 0 saturated carbocycles. The van der Waals surface area contributed by atoms with Gasteiger partial charge in [-0.1, -0.05) is 17.7 Å². The molecule has 28 heavy (non-hydrogen) atoms. The Labute approximate surface area is 169 Å². The van der Waals surface area contributed by atoms with Gasteiger partial charge in [0.25, 0.3) is 0 Å². The predicted molar refractivity (Wildman–Crippen MR) is 110 cm³/mol. The third-order valence-corrected chi connectivity index (χ3v) is 5.76. The maximum atomic E-state index is 12.5. The van der Waals surface area contributed by atoms with E-state index in [2.05, 4.69) is 10.4 Å². The number of benzene rings is 2. The summed E-state index contributed by atoms with van der Waals surface area (Å²) in [4.78, 5) is 12.7. The lowest BCUT2D eigenvalue weighted by atomic mass is 10.1. The number of aryl methyl sites for hydroxylation is 1. The van der Waals surface area contributed by atoms with E-state index in [1.165, 1.54) is 12.1 Å². The first-order valence-electron chi connectivity index (χ1n) is 8.56. The smallest absolute Gasteiger partial charge is 0.228 e. The Kier molecular flexibility index (Phi) is 5.58. The maximum absolute atomic E-state index is 12.5. The summed E-state index contributed by atoms with van der Waals surface area (Å²) in [6.07, 6.45) is 1.26. The van der Waals surface area contributed by atoms with Crippen LogP contribution in [0, 0.1) is 13.8 Å². The molecular formula is C20H20ClN3O3S. The van der Waals surface area contributed by atoms with Crippen molar-refractivity contribution in [2.24, 2.45) is 0 Å². The van der Waals surface area contributed by atoms with Crippen LogP contribution in [0.1, 0.15) is 17.0 Å². The lowest BCUT2D eigenvalue weighted by Crippen LogP contribution is -2.15. The topological polar surface area (TPSA) is 81.1 Å². The number of anilines is 1.